The van der Waals surface area contributed by atoms with E-state index in [2.05, 4.69) is 5.32 Å². The van der Waals surface area contributed by atoms with E-state index in [4.69, 9.17) is 9.84 Å². The van der Waals surface area contributed by atoms with Gasteiger partial charge >= 0.3 is 5.97 Å². The zero-order valence-corrected chi connectivity index (χ0v) is 11.5. The number of carbonyl (C=O) groups excluding carboxylic acids is 1. The second-order valence-electron chi connectivity index (χ2n) is 3.84. The number of amides is 1. The molecule has 1 amide bonds. The summed E-state index contributed by atoms with van der Waals surface area (Å²) in [5.74, 6) is -0.204. The largest absolute Gasteiger partial charge is 0.484 e. The third kappa shape index (κ3) is 6.15. The number of ether oxygens (including phenoxy) is 1. The Morgan fingerprint density at radius 2 is 2.05 bits per heavy atom. The molecule has 0 saturated heterocycles. The molecule has 0 aliphatic heterocycles. The van der Waals surface area contributed by atoms with Crippen molar-refractivity contribution in [2.75, 3.05) is 18.6 Å². The van der Waals surface area contributed by atoms with Gasteiger partial charge in [0.1, 0.15) is 11.8 Å². The van der Waals surface area contributed by atoms with E-state index >= 15 is 0 Å². The van der Waals surface area contributed by atoms with Crippen molar-refractivity contribution in [3.05, 3.63) is 30.3 Å². The number of rotatable bonds is 8. The standard InChI is InChI=1S/C13H17NO4S/c1-19-8-7-11(13(16)17)14-12(15)9-18-10-5-3-2-4-6-10/h2-6,11H,7-9H2,1H3,(H,14,15)(H,16,17)/t11-/m1/s1. The first-order valence-electron chi connectivity index (χ1n) is 5.82. The van der Waals surface area contributed by atoms with Gasteiger partial charge in [-0.25, -0.2) is 4.79 Å². The fourth-order valence-electron chi connectivity index (χ4n) is 1.39. The molecule has 0 unspecified atom stereocenters. The van der Waals surface area contributed by atoms with Crippen molar-refractivity contribution in [3.8, 4) is 5.75 Å². The maximum absolute atomic E-state index is 11.6. The van der Waals surface area contributed by atoms with Crippen LogP contribution >= 0.6 is 11.8 Å². The Morgan fingerprint density at radius 3 is 2.63 bits per heavy atom. The Kier molecular flexibility index (Phi) is 6.81. The van der Waals surface area contributed by atoms with E-state index in [9.17, 15) is 9.59 Å². The highest BCUT2D eigenvalue weighted by molar-refractivity contribution is 7.98. The lowest BCUT2D eigenvalue weighted by Crippen LogP contribution is -2.43. The third-order valence-corrected chi connectivity index (χ3v) is 3.00. The van der Waals surface area contributed by atoms with Crippen LogP contribution in [0.15, 0.2) is 30.3 Å². The average molecular weight is 283 g/mol. The van der Waals surface area contributed by atoms with Gasteiger partial charge in [-0.15, -0.1) is 0 Å². The molecule has 0 aromatic heterocycles. The van der Waals surface area contributed by atoms with Crippen LogP contribution in [0.1, 0.15) is 6.42 Å². The van der Waals surface area contributed by atoms with Crippen LogP contribution in [0.5, 0.6) is 5.75 Å². The number of benzene rings is 1. The first kappa shape index (κ1) is 15.4. The molecule has 104 valence electrons. The molecule has 0 aliphatic carbocycles. The van der Waals surface area contributed by atoms with Crippen LogP contribution in [0.2, 0.25) is 0 Å². The van der Waals surface area contributed by atoms with Crippen LogP contribution in [0.4, 0.5) is 0 Å². The van der Waals surface area contributed by atoms with Crippen molar-refractivity contribution in [2.24, 2.45) is 0 Å². The average Bonchev–Trinajstić information content (AvgIpc) is 2.42. The van der Waals surface area contributed by atoms with E-state index < -0.39 is 17.9 Å². The number of carbonyl (C=O) groups is 2. The zero-order chi connectivity index (χ0) is 14.1. The Balaban J connectivity index is 2.38. The summed E-state index contributed by atoms with van der Waals surface area (Å²) in [7, 11) is 0. The summed E-state index contributed by atoms with van der Waals surface area (Å²) < 4.78 is 5.24. The third-order valence-electron chi connectivity index (χ3n) is 2.36. The van der Waals surface area contributed by atoms with E-state index in [1.54, 1.807) is 24.3 Å². The van der Waals surface area contributed by atoms with Crippen LogP contribution in [0.3, 0.4) is 0 Å². The van der Waals surface area contributed by atoms with Gasteiger partial charge in [-0.05, 0) is 30.6 Å². The lowest BCUT2D eigenvalue weighted by Gasteiger charge is -2.14. The Bertz CT molecular complexity index is 410. The van der Waals surface area contributed by atoms with E-state index in [1.807, 2.05) is 12.3 Å². The summed E-state index contributed by atoms with van der Waals surface area (Å²) in [5.41, 5.74) is 0. The smallest absolute Gasteiger partial charge is 0.326 e. The summed E-state index contributed by atoms with van der Waals surface area (Å²) in [6.07, 6.45) is 2.28. The van der Waals surface area contributed by atoms with Crippen molar-refractivity contribution in [1.29, 1.82) is 0 Å². The van der Waals surface area contributed by atoms with E-state index in [0.717, 1.165) is 0 Å². The predicted molar refractivity (Wildman–Crippen MR) is 74.5 cm³/mol. The Hall–Kier alpha value is -1.69. The van der Waals surface area contributed by atoms with Crippen molar-refractivity contribution in [1.82, 2.24) is 5.32 Å². The van der Waals surface area contributed by atoms with E-state index in [-0.39, 0.29) is 6.61 Å². The second kappa shape index (κ2) is 8.42. The first-order chi connectivity index (χ1) is 9.13. The quantitative estimate of drug-likeness (QED) is 0.754. The van der Waals surface area contributed by atoms with Crippen molar-refractivity contribution in [3.63, 3.8) is 0 Å². The number of nitrogens with one attached hydrogen (secondary N) is 1. The highest BCUT2D eigenvalue weighted by Crippen LogP contribution is 2.07. The Labute approximate surface area is 116 Å². The topological polar surface area (TPSA) is 75.6 Å². The van der Waals surface area contributed by atoms with Crippen LogP contribution in [0.25, 0.3) is 0 Å². The first-order valence-corrected chi connectivity index (χ1v) is 7.22. The lowest BCUT2D eigenvalue weighted by molar-refractivity contribution is -0.142. The van der Waals surface area contributed by atoms with Gasteiger partial charge < -0.3 is 15.2 Å². The predicted octanol–water partition coefficient (Wildman–Crippen LogP) is 1.39. The molecular formula is C13H17NO4S. The summed E-state index contributed by atoms with van der Waals surface area (Å²) >= 11 is 1.54. The minimum atomic E-state index is -1.03. The van der Waals surface area contributed by atoms with Gasteiger partial charge in [0.15, 0.2) is 6.61 Å². The van der Waals surface area contributed by atoms with E-state index in [1.165, 1.54) is 11.8 Å². The lowest BCUT2D eigenvalue weighted by atomic mass is 10.2. The highest BCUT2D eigenvalue weighted by atomic mass is 32.2. The molecule has 0 bridgehead atoms. The summed E-state index contributed by atoms with van der Waals surface area (Å²) in [6.45, 7) is -0.187. The fourth-order valence-corrected chi connectivity index (χ4v) is 1.87. The molecule has 5 nitrogen and oxygen atoms in total. The molecule has 0 saturated carbocycles. The second-order valence-corrected chi connectivity index (χ2v) is 4.83. The molecule has 0 heterocycles. The summed E-state index contributed by atoms with van der Waals surface area (Å²) in [5, 5.41) is 11.4. The zero-order valence-electron chi connectivity index (χ0n) is 10.7. The number of carboxylic acids is 1. The maximum Gasteiger partial charge on any atom is 0.326 e. The number of para-hydroxylation sites is 1. The fraction of sp³-hybridized carbons (Fsp3) is 0.385. The molecule has 1 rings (SSSR count). The molecule has 6 heteroatoms. The molecular weight excluding hydrogens is 266 g/mol. The molecule has 1 aromatic rings. The van der Waals surface area contributed by atoms with Gasteiger partial charge in [-0.1, -0.05) is 18.2 Å². The normalized spacial score (nSPS) is 11.6. The number of carboxylic acid groups (broad SMARTS) is 1. The molecule has 19 heavy (non-hydrogen) atoms. The highest BCUT2D eigenvalue weighted by Gasteiger charge is 2.19. The minimum Gasteiger partial charge on any atom is -0.484 e. The van der Waals surface area contributed by atoms with Crippen LogP contribution < -0.4 is 10.1 Å². The number of hydrogen-bond donors (Lipinski definition) is 2. The number of thioether (sulfide) groups is 1. The Morgan fingerprint density at radius 1 is 1.37 bits per heavy atom. The molecule has 0 spiro atoms. The summed E-state index contributed by atoms with van der Waals surface area (Å²) in [4.78, 5) is 22.5. The minimum absolute atomic E-state index is 0.187. The SMILES string of the molecule is CSCC[C@@H](NC(=O)COc1ccccc1)C(=O)O. The molecule has 0 radical (unpaired) electrons. The summed E-state index contributed by atoms with van der Waals surface area (Å²) in [6, 6.07) is 8.04. The molecule has 2 N–H and O–H groups in total. The molecule has 1 atom stereocenters. The number of aliphatic carboxylic acids is 1. The molecule has 1 aromatic carbocycles. The van der Waals surface area contributed by atoms with Crippen LogP contribution in [-0.4, -0.2) is 41.6 Å². The molecule has 0 fully saturated rings. The monoisotopic (exact) mass is 283 g/mol. The van der Waals surface area contributed by atoms with E-state index in [0.29, 0.717) is 17.9 Å². The van der Waals surface area contributed by atoms with Gasteiger partial charge in [-0.2, -0.15) is 11.8 Å². The van der Waals surface area contributed by atoms with Gasteiger partial charge in [0.25, 0.3) is 5.91 Å². The van der Waals surface area contributed by atoms with Gasteiger partial charge in [0.05, 0.1) is 0 Å². The van der Waals surface area contributed by atoms with Gasteiger partial charge in [0.2, 0.25) is 0 Å². The molecule has 0 aliphatic rings. The maximum atomic E-state index is 11.6. The van der Waals surface area contributed by atoms with Crippen LogP contribution in [-0.2, 0) is 9.59 Å². The van der Waals surface area contributed by atoms with Gasteiger partial charge in [0, 0.05) is 0 Å². The van der Waals surface area contributed by atoms with Crippen molar-refractivity contribution >= 4 is 23.6 Å². The van der Waals surface area contributed by atoms with Crippen molar-refractivity contribution < 1.29 is 19.4 Å². The number of hydrogen-bond acceptors (Lipinski definition) is 4. The van der Waals surface area contributed by atoms with Gasteiger partial charge in [-0.3, -0.25) is 4.79 Å². The van der Waals surface area contributed by atoms with Crippen LogP contribution in [0, 0.1) is 0 Å². The van der Waals surface area contributed by atoms with Crippen molar-refractivity contribution in [2.45, 2.75) is 12.5 Å².